The lowest BCUT2D eigenvalue weighted by atomic mass is 10.1. The van der Waals surface area contributed by atoms with Crippen LogP contribution in [0.25, 0.3) is 11.3 Å². The molecule has 0 aliphatic heterocycles. The number of carbonyl (C=O) groups excluding carboxylic acids is 1. The van der Waals surface area contributed by atoms with Gasteiger partial charge in [-0.15, -0.1) is 11.3 Å². The van der Waals surface area contributed by atoms with Crippen LogP contribution in [0.1, 0.15) is 45.1 Å². The minimum atomic E-state index is -4.71. The topological polar surface area (TPSA) is 126 Å². The second-order valence-corrected chi connectivity index (χ2v) is 8.99. The van der Waals surface area contributed by atoms with Gasteiger partial charge in [-0.2, -0.15) is 17.6 Å². The van der Waals surface area contributed by atoms with Crippen molar-refractivity contribution in [2.24, 2.45) is 0 Å². The Labute approximate surface area is 215 Å². The van der Waals surface area contributed by atoms with Crippen LogP contribution in [0.2, 0.25) is 5.02 Å². The molecule has 0 aliphatic rings. The molecule has 0 fully saturated rings. The Kier molecular flexibility index (Phi) is 7.73. The number of halogens is 5. The molecule has 4 aromatic rings. The average Bonchev–Trinajstić information content (AvgIpc) is 3.36. The van der Waals surface area contributed by atoms with E-state index in [0.717, 1.165) is 17.5 Å². The molecule has 2 atom stereocenters. The Balaban J connectivity index is 1.43. The molecule has 0 radical (unpaired) electrons. The average molecular weight is 554 g/mol. The van der Waals surface area contributed by atoms with E-state index in [0.29, 0.717) is 11.1 Å². The number of hydrogen-bond donors (Lipinski definition) is 3. The van der Waals surface area contributed by atoms with Crippen molar-refractivity contribution in [1.82, 2.24) is 30.2 Å². The van der Waals surface area contributed by atoms with Crippen LogP contribution in [0.3, 0.4) is 0 Å². The Morgan fingerprint density at radius 3 is 2.65 bits per heavy atom. The first-order chi connectivity index (χ1) is 17.5. The summed E-state index contributed by atoms with van der Waals surface area (Å²) in [7, 11) is 0. The number of aliphatic hydroxyl groups excluding tert-OH is 1. The predicted octanol–water partition coefficient (Wildman–Crippen LogP) is 4.80. The largest absolute Gasteiger partial charge is 0.418 e. The highest BCUT2D eigenvalue weighted by Gasteiger charge is 2.34. The molecule has 0 saturated carbocycles. The van der Waals surface area contributed by atoms with E-state index >= 15 is 0 Å². The summed E-state index contributed by atoms with van der Waals surface area (Å²) in [5.41, 5.74) is -0.611. The van der Waals surface area contributed by atoms with Gasteiger partial charge in [0.15, 0.2) is 0 Å². The molecule has 4 heterocycles. The Bertz CT molecular complexity index is 1440. The molecule has 4 aromatic heterocycles. The normalized spacial score (nSPS) is 13.3. The van der Waals surface area contributed by atoms with Gasteiger partial charge >= 0.3 is 6.18 Å². The van der Waals surface area contributed by atoms with Gasteiger partial charge in [0.25, 0.3) is 5.91 Å². The predicted molar refractivity (Wildman–Crippen MR) is 126 cm³/mol. The van der Waals surface area contributed by atoms with Gasteiger partial charge in [-0.1, -0.05) is 11.6 Å². The van der Waals surface area contributed by atoms with Crippen molar-refractivity contribution in [3.05, 3.63) is 81.3 Å². The zero-order chi connectivity index (χ0) is 26.7. The third-order valence-electron chi connectivity index (χ3n) is 4.93. The summed E-state index contributed by atoms with van der Waals surface area (Å²) >= 11 is 6.50. The van der Waals surface area contributed by atoms with Gasteiger partial charge in [0.05, 0.1) is 39.8 Å². The zero-order valence-corrected chi connectivity index (χ0v) is 20.2. The molecule has 1 amide bonds. The van der Waals surface area contributed by atoms with Crippen molar-refractivity contribution in [2.45, 2.75) is 25.4 Å². The van der Waals surface area contributed by atoms with Crippen molar-refractivity contribution in [3.63, 3.8) is 0 Å². The number of pyridine rings is 2. The fraction of sp³-hybridized carbons (Fsp3) is 0.182. The summed E-state index contributed by atoms with van der Waals surface area (Å²) in [6.07, 6.45) is -1.49. The molecule has 192 valence electrons. The van der Waals surface area contributed by atoms with Crippen molar-refractivity contribution in [2.75, 3.05) is 5.32 Å². The maximum absolute atomic E-state index is 14.0. The maximum atomic E-state index is 14.0. The number of rotatable bonds is 7. The molecule has 15 heteroatoms. The van der Waals surface area contributed by atoms with Gasteiger partial charge in [-0.3, -0.25) is 10.1 Å². The summed E-state index contributed by atoms with van der Waals surface area (Å²) < 4.78 is 53.1. The fourth-order valence-electron chi connectivity index (χ4n) is 3.13. The highest BCUT2D eigenvalue weighted by Crippen LogP contribution is 2.35. The second kappa shape index (κ2) is 10.8. The van der Waals surface area contributed by atoms with E-state index in [-0.39, 0.29) is 27.6 Å². The van der Waals surface area contributed by atoms with Crippen molar-refractivity contribution >= 4 is 34.7 Å². The van der Waals surface area contributed by atoms with Crippen molar-refractivity contribution < 1.29 is 27.5 Å². The van der Waals surface area contributed by atoms with Crippen molar-refractivity contribution in [1.29, 1.82) is 0 Å². The van der Waals surface area contributed by atoms with Gasteiger partial charge in [0, 0.05) is 12.4 Å². The number of alkyl halides is 3. The molecule has 9 nitrogen and oxygen atoms in total. The molecule has 3 N–H and O–H groups in total. The van der Waals surface area contributed by atoms with Crippen LogP contribution in [0.5, 0.6) is 0 Å². The first-order valence-electron chi connectivity index (χ1n) is 10.4. The standard InChI is InChI=1S/C22H16ClF4N7O2S/c1-10(33-19(35)15-6-14(31-9-32-15)11-3-2-4-28-18(11)24)21-30-8-16(37-21)20(36)34-17-5-12(22(25,26)27)13(23)7-29-17/h2-10,19,33,35H,1H3,(H,29,34,36)/t10-,19?/m0/s1. The smallest absolute Gasteiger partial charge is 0.373 e. The molecular weight excluding hydrogens is 538 g/mol. The van der Waals surface area contributed by atoms with Crippen LogP contribution in [-0.4, -0.2) is 35.9 Å². The van der Waals surface area contributed by atoms with E-state index in [1.54, 1.807) is 13.0 Å². The number of hydrogen-bond acceptors (Lipinski definition) is 9. The summed E-state index contributed by atoms with van der Waals surface area (Å²) in [6, 6.07) is 4.50. The minimum Gasteiger partial charge on any atom is -0.373 e. The number of amides is 1. The number of nitrogens with zero attached hydrogens (tertiary/aromatic N) is 5. The lowest BCUT2D eigenvalue weighted by molar-refractivity contribution is -0.137. The van der Waals surface area contributed by atoms with Crippen LogP contribution in [0.15, 0.2) is 49.2 Å². The number of carbonyl (C=O) groups is 1. The summed E-state index contributed by atoms with van der Waals surface area (Å²) in [6.45, 7) is 1.67. The summed E-state index contributed by atoms with van der Waals surface area (Å²) in [5.74, 6) is -1.78. The summed E-state index contributed by atoms with van der Waals surface area (Å²) in [4.78, 5) is 32.1. The number of nitrogens with one attached hydrogen (secondary N) is 2. The van der Waals surface area contributed by atoms with E-state index in [1.165, 1.54) is 30.9 Å². The molecule has 0 bridgehead atoms. The van der Waals surface area contributed by atoms with Crippen molar-refractivity contribution in [3.8, 4) is 11.3 Å². The van der Waals surface area contributed by atoms with Gasteiger partial charge in [0.1, 0.15) is 28.3 Å². The Hall–Kier alpha value is -3.59. The number of anilines is 1. The van der Waals surface area contributed by atoms with E-state index < -0.39 is 40.9 Å². The first-order valence-corrected chi connectivity index (χ1v) is 11.6. The van der Waals surface area contributed by atoms with Crippen LogP contribution >= 0.6 is 22.9 Å². The van der Waals surface area contributed by atoms with E-state index in [9.17, 15) is 27.5 Å². The van der Waals surface area contributed by atoms with Crippen LogP contribution < -0.4 is 10.6 Å². The lowest BCUT2D eigenvalue weighted by Gasteiger charge is -2.17. The van der Waals surface area contributed by atoms with Gasteiger partial charge < -0.3 is 10.4 Å². The van der Waals surface area contributed by atoms with Gasteiger partial charge in [0.2, 0.25) is 5.95 Å². The molecule has 1 unspecified atom stereocenters. The van der Waals surface area contributed by atoms with Gasteiger partial charge in [-0.05, 0) is 31.2 Å². The molecule has 4 rings (SSSR count). The lowest BCUT2D eigenvalue weighted by Crippen LogP contribution is -2.25. The maximum Gasteiger partial charge on any atom is 0.418 e. The number of aliphatic hydroxyl groups is 1. The molecule has 0 saturated heterocycles. The first kappa shape index (κ1) is 26.5. The van der Waals surface area contributed by atoms with E-state index in [2.05, 4.69) is 35.6 Å². The van der Waals surface area contributed by atoms with Crippen LogP contribution in [-0.2, 0) is 6.18 Å². The zero-order valence-electron chi connectivity index (χ0n) is 18.7. The van der Waals surface area contributed by atoms with Gasteiger partial charge in [-0.25, -0.2) is 24.9 Å². The third-order valence-corrected chi connectivity index (χ3v) is 6.41. The molecular formula is C22H16ClF4N7O2S. The summed E-state index contributed by atoms with van der Waals surface area (Å²) in [5, 5.41) is 15.5. The highest BCUT2D eigenvalue weighted by molar-refractivity contribution is 7.13. The fourth-order valence-corrected chi connectivity index (χ4v) is 4.17. The SMILES string of the molecule is C[C@H](NC(O)c1cc(-c2cccnc2F)ncn1)c1ncc(C(=O)Nc2cc(C(F)(F)F)c(Cl)cn2)s1. The minimum absolute atomic E-state index is 0.0971. The quantitative estimate of drug-likeness (QED) is 0.169. The molecule has 0 aliphatic carbocycles. The van der Waals surface area contributed by atoms with E-state index in [1.807, 2.05) is 0 Å². The Morgan fingerprint density at radius 2 is 1.92 bits per heavy atom. The molecule has 0 spiro atoms. The monoisotopic (exact) mass is 553 g/mol. The highest BCUT2D eigenvalue weighted by atomic mass is 35.5. The Morgan fingerprint density at radius 1 is 1.14 bits per heavy atom. The second-order valence-electron chi connectivity index (χ2n) is 7.52. The van der Waals surface area contributed by atoms with Crippen LogP contribution in [0.4, 0.5) is 23.4 Å². The number of thiazole rings is 1. The van der Waals surface area contributed by atoms with E-state index in [4.69, 9.17) is 11.6 Å². The molecule has 37 heavy (non-hydrogen) atoms. The number of aromatic nitrogens is 5. The third kappa shape index (κ3) is 6.22. The molecule has 0 aromatic carbocycles. The van der Waals surface area contributed by atoms with Crippen LogP contribution in [0, 0.1) is 5.95 Å².